The summed E-state index contributed by atoms with van der Waals surface area (Å²) < 4.78 is 11.2. The quantitative estimate of drug-likeness (QED) is 0.484. The minimum Gasteiger partial charge on any atom is -0.489 e. The van der Waals surface area contributed by atoms with Crippen LogP contribution in [0.15, 0.2) is 46.6 Å². The Bertz CT molecular complexity index is 799. The number of nitrogens with one attached hydrogen (secondary N) is 1. The molecule has 1 aromatic heterocycles. The van der Waals surface area contributed by atoms with Crippen molar-refractivity contribution in [2.24, 2.45) is 10.2 Å². The topological polar surface area (TPSA) is 101 Å². The van der Waals surface area contributed by atoms with Crippen molar-refractivity contribution in [1.29, 1.82) is 0 Å². The monoisotopic (exact) mass is 435 g/mol. The van der Waals surface area contributed by atoms with E-state index in [4.69, 9.17) is 21.1 Å². The molecule has 1 unspecified atom stereocenters. The number of para-hydroxylation sites is 1. The highest BCUT2D eigenvalue weighted by molar-refractivity contribution is 6.32. The Morgan fingerprint density at radius 2 is 1.90 bits per heavy atom. The van der Waals surface area contributed by atoms with Crippen molar-refractivity contribution < 1.29 is 14.6 Å². The summed E-state index contributed by atoms with van der Waals surface area (Å²) in [5, 5.41) is 30.0. The van der Waals surface area contributed by atoms with Gasteiger partial charge in [-0.1, -0.05) is 23.7 Å². The van der Waals surface area contributed by atoms with Gasteiger partial charge in [-0.2, -0.15) is 5.11 Å². The van der Waals surface area contributed by atoms with Gasteiger partial charge in [-0.05, 0) is 52.3 Å². The molecule has 0 saturated heterocycles. The number of β-amino-alcohol motifs (C(OH)–C–C–N with tert-alkyl or cyclic N) is 1. The third-order valence-corrected chi connectivity index (χ3v) is 4.39. The summed E-state index contributed by atoms with van der Waals surface area (Å²) in [4.78, 5) is 0. The van der Waals surface area contributed by atoms with Crippen molar-refractivity contribution in [2.75, 3.05) is 19.8 Å². The second kappa shape index (κ2) is 11.8. The van der Waals surface area contributed by atoms with Crippen molar-refractivity contribution in [3.8, 4) is 11.6 Å². The van der Waals surface area contributed by atoms with Crippen LogP contribution in [0.4, 0.5) is 5.82 Å². The number of aliphatic hydroxyl groups is 1. The van der Waals surface area contributed by atoms with Gasteiger partial charge in [0.1, 0.15) is 18.5 Å². The van der Waals surface area contributed by atoms with Crippen molar-refractivity contribution >= 4 is 17.4 Å². The Balaban J connectivity index is 1.69. The van der Waals surface area contributed by atoms with Gasteiger partial charge in [0.25, 0.3) is 0 Å². The van der Waals surface area contributed by atoms with Gasteiger partial charge in [-0.3, -0.25) is 0 Å². The first-order valence-corrected chi connectivity index (χ1v) is 10.3. The van der Waals surface area contributed by atoms with E-state index < -0.39 is 6.10 Å². The predicted molar refractivity (Wildman–Crippen MR) is 117 cm³/mol. The molecule has 2 N–H and O–H groups in total. The number of ether oxygens (including phenoxy) is 2. The summed E-state index contributed by atoms with van der Waals surface area (Å²) >= 11 is 6.05. The largest absolute Gasteiger partial charge is 0.489 e. The molecule has 1 heterocycles. The minimum atomic E-state index is -0.667. The van der Waals surface area contributed by atoms with Gasteiger partial charge in [0.05, 0.1) is 17.7 Å². The van der Waals surface area contributed by atoms with Crippen molar-refractivity contribution in [3.05, 3.63) is 41.4 Å². The average Bonchev–Trinajstić information content (AvgIpc) is 2.71. The summed E-state index contributed by atoms with van der Waals surface area (Å²) in [5.74, 6) is 1.44. The van der Waals surface area contributed by atoms with Gasteiger partial charge >= 0.3 is 0 Å². The number of azo groups is 1. The molecular weight excluding hydrogens is 406 g/mol. The summed E-state index contributed by atoms with van der Waals surface area (Å²) in [6.45, 7) is 8.95. The van der Waals surface area contributed by atoms with E-state index in [9.17, 15) is 5.11 Å². The molecule has 1 aromatic carbocycles. The van der Waals surface area contributed by atoms with Crippen molar-refractivity contribution in [2.45, 2.75) is 51.8 Å². The molecule has 0 aliphatic heterocycles. The second-order valence-corrected chi connectivity index (χ2v) is 8.20. The SMILES string of the molecule is CC(C)N=Nc1ccc(OCCC(C)(C)NCC(O)COc2ccccc2Cl)nn1. The first-order valence-electron chi connectivity index (χ1n) is 9.93. The number of hydrogen-bond acceptors (Lipinski definition) is 8. The Hall–Kier alpha value is -2.29. The summed E-state index contributed by atoms with van der Waals surface area (Å²) in [7, 11) is 0. The molecule has 30 heavy (non-hydrogen) atoms. The molecule has 164 valence electrons. The van der Waals surface area contributed by atoms with Gasteiger partial charge in [-0.15, -0.1) is 15.3 Å². The highest BCUT2D eigenvalue weighted by Gasteiger charge is 2.19. The third kappa shape index (κ3) is 9.02. The van der Waals surface area contributed by atoms with Crippen LogP contribution >= 0.6 is 11.6 Å². The maximum atomic E-state index is 10.2. The molecule has 2 aromatic rings. The Morgan fingerprint density at radius 3 is 2.57 bits per heavy atom. The van der Waals surface area contributed by atoms with Crippen LogP contribution in [0.2, 0.25) is 5.02 Å². The number of hydrogen-bond donors (Lipinski definition) is 2. The molecule has 0 saturated carbocycles. The molecule has 0 aliphatic carbocycles. The van der Waals surface area contributed by atoms with E-state index >= 15 is 0 Å². The van der Waals surface area contributed by atoms with Crippen LogP contribution in [0, 0.1) is 0 Å². The molecule has 9 heteroatoms. The van der Waals surface area contributed by atoms with E-state index in [-0.39, 0.29) is 18.2 Å². The lowest BCUT2D eigenvalue weighted by molar-refractivity contribution is 0.0964. The molecule has 0 fully saturated rings. The van der Waals surface area contributed by atoms with Gasteiger partial charge in [0.2, 0.25) is 5.88 Å². The zero-order valence-electron chi connectivity index (χ0n) is 17.9. The van der Waals surface area contributed by atoms with E-state index in [1.165, 1.54) is 0 Å². The fraction of sp³-hybridized carbons (Fsp3) is 0.524. The predicted octanol–water partition coefficient (Wildman–Crippen LogP) is 4.20. The van der Waals surface area contributed by atoms with E-state index in [0.29, 0.717) is 42.0 Å². The molecule has 1 atom stereocenters. The normalized spacial score (nSPS) is 13.0. The summed E-state index contributed by atoms with van der Waals surface area (Å²) in [5.41, 5.74) is -0.246. The minimum absolute atomic E-state index is 0.110. The molecule has 2 rings (SSSR count). The molecule has 0 amide bonds. The van der Waals surface area contributed by atoms with E-state index in [0.717, 1.165) is 0 Å². The summed E-state index contributed by atoms with van der Waals surface area (Å²) in [6, 6.07) is 10.7. The summed E-state index contributed by atoms with van der Waals surface area (Å²) in [6.07, 6.45) is 0.0431. The van der Waals surface area contributed by atoms with Crippen LogP contribution in [0.3, 0.4) is 0 Å². The fourth-order valence-corrected chi connectivity index (χ4v) is 2.51. The van der Waals surface area contributed by atoms with Crippen LogP contribution in [-0.4, -0.2) is 52.7 Å². The average molecular weight is 436 g/mol. The van der Waals surface area contributed by atoms with Crippen LogP contribution in [0.1, 0.15) is 34.1 Å². The lowest BCUT2D eigenvalue weighted by Crippen LogP contribution is -2.45. The highest BCUT2D eigenvalue weighted by Crippen LogP contribution is 2.23. The fourth-order valence-electron chi connectivity index (χ4n) is 2.32. The first kappa shape index (κ1) is 24.0. The number of nitrogens with zero attached hydrogens (tertiary/aromatic N) is 4. The Morgan fingerprint density at radius 1 is 1.13 bits per heavy atom. The highest BCUT2D eigenvalue weighted by atomic mass is 35.5. The van der Waals surface area contributed by atoms with Gasteiger partial charge in [-0.25, -0.2) is 0 Å². The molecule has 0 aliphatic rings. The number of benzene rings is 1. The number of halogens is 1. The molecular formula is C21H30ClN5O3. The molecule has 0 spiro atoms. The van der Waals surface area contributed by atoms with Gasteiger partial charge < -0.3 is 19.9 Å². The lowest BCUT2D eigenvalue weighted by atomic mass is 10.0. The standard InChI is InChI=1S/C21H30ClN5O3/c1-15(2)24-25-19-9-10-20(27-26-19)29-12-11-21(3,4)23-13-16(28)14-30-18-8-6-5-7-17(18)22/h5-10,15-16,23,28H,11-14H2,1-4H3. The van der Waals surface area contributed by atoms with Crippen molar-refractivity contribution in [1.82, 2.24) is 15.5 Å². The lowest BCUT2D eigenvalue weighted by Gasteiger charge is -2.27. The molecule has 8 nitrogen and oxygen atoms in total. The van der Waals surface area contributed by atoms with Gasteiger partial charge in [0, 0.05) is 18.2 Å². The van der Waals surface area contributed by atoms with Crippen molar-refractivity contribution in [3.63, 3.8) is 0 Å². The number of rotatable bonds is 12. The van der Waals surface area contributed by atoms with E-state index in [1.807, 2.05) is 39.8 Å². The van der Waals surface area contributed by atoms with Crippen LogP contribution in [0.25, 0.3) is 0 Å². The smallest absolute Gasteiger partial charge is 0.233 e. The molecule has 0 bridgehead atoms. The van der Waals surface area contributed by atoms with Gasteiger partial charge in [0.15, 0.2) is 5.82 Å². The Labute approximate surface area is 182 Å². The Kier molecular flexibility index (Phi) is 9.42. The van der Waals surface area contributed by atoms with Crippen LogP contribution < -0.4 is 14.8 Å². The zero-order valence-corrected chi connectivity index (χ0v) is 18.6. The molecule has 0 radical (unpaired) electrons. The maximum Gasteiger partial charge on any atom is 0.233 e. The number of aromatic nitrogens is 2. The maximum absolute atomic E-state index is 10.2. The zero-order chi connectivity index (χ0) is 22.0. The number of aliphatic hydroxyl groups excluding tert-OH is 1. The van der Waals surface area contributed by atoms with Crippen LogP contribution in [0.5, 0.6) is 11.6 Å². The third-order valence-electron chi connectivity index (χ3n) is 4.08. The van der Waals surface area contributed by atoms with E-state index in [2.05, 4.69) is 25.7 Å². The second-order valence-electron chi connectivity index (χ2n) is 7.80. The van der Waals surface area contributed by atoms with E-state index in [1.54, 1.807) is 24.3 Å². The van der Waals surface area contributed by atoms with Crippen LogP contribution in [-0.2, 0) is 0 Å². The first-order chi connectivity index (χ1) is 14.2.